The van der Waals surface area contributed by atoms with Crippen molar-refractivity contribution in [1.82, 2.24) is 9.78 Å². The van der Waals surface area contributed by atoms with Crippen LogP contribution in [0.15, 0.2) is 72.8 Å². The first-order valence-electron chi connectivity index (χ1n) is 8.53. The lowest BCUT2D eigenvalue weighted by molar-refractivity contribution is 0.624. The standard InChI is InChI=1S/C22H14ClF3N2/c23-20-11-19(26)10-5-16(20)13-28-22(15-3-8-18(25)9-4-15)12-21(27-28)14-1-6-17(24)7-2-14/h1-12H,13H2. The molecule has 0 radical (unpaired) electrons. The summed E-state index contributed by atoms with van der Waals surface area (Å²) in [7, 11) is 0. The van der Waals surface area contributed by atoms with Gasteiger partial charge in [-0.3, -0.25) is 4.68 Å². The van der Waals surface area contributed by atoms with E-state index in [0.717, 1.165) is 16.8 Å². The summed E-state index contributed by atoms with van der Waals surface area (Å²) in [4.78, 5) is 0. The molecule has 1 aromatic heterocycles. The van der Waals surface area contributed by atoms with Crippen molar-refractivity contribution in [1.29, 1.82) is 0 Å². The largest absolute Gasteiger partial charge is 0.260 e. The van der Waals surface area contributed by atoms with Crippen molar-refractivity contribution in [3.8, 4) is 22.5 Å². The number of halogens is 4. The Morgan fingerprint density at radius 2 is 1.29 bits per heavy atom. The SMILES string of the molecule is Fc1ccc(-c2cc(-c3ccc(F)cc3)n(Cc3ccc(F)cc3Cl)n2)cc1. The van der Waals surface area contributed by atoms with Crippen molar-refractivity contribution in [2.75, 3.05) is 0 Å². The molecule has 2 nitrogen and oxygen atoms in total. The summed E-state index contributed by atoms with van der Waals surface area (Å²) >= 11 is 6.17. The Morgan fingerprint density at radius 3 is 1.89 bits per heavy atom. The topological polar surface area (TPSA) is 17.8 Å². The highest BCUT2D eigenvalue weighted by atomic mass is 35.5. The van der Waals surface area contributed by atoms with Crippen LogP contribution in [0, 0.1) is 17.5 Å². The zero-order chi connectivity index (χ0) is 19.7. The molecule has 4 aromatic rings. The normalized spacial score (nSPS) is 11.0. The van der Waals surface area contributed by atoms with Crippen LogP contribution in [0.2, 0.25) is 5.02 Å². The number of hydrogen-bond donors (Lipinski definition) is 0. The third kappa shape index (κ3) is 3.80. The highest BCUT2D eigenvalue weighted by Crippen LogP contribution is 2.28. The van der Waals surface area contributed by atoms with E-state index in [-0.39, 0.29) is 11.6 Å². The zero-order valence-electron chi connectivity index (χ0n) is 14.5. The molecule has 0 unspecified atom stereocenters. The lowest BCUT2D eigenvalue weighted by Gasteiger charge is -2.09. The fourth-order valence-corrected chi connectivity index (χ4v) is 3.19. The molecule has 0 spiro atoms. The summed E-state index contributed by atoms with van der Waals surface area (Å²) in [5, 5.41) is 4.91. The molecular formula is C22H14ClF3N2. The monoisotopic (exact) mass is 398 g/mol. The van der Waals surface area contributed by atoms with Gasteiger partial charge in [0.05, 0.1) is 17.9 Å². The maximum atomic E-state index is 13.4. The Labute approximate surface area is 164 Å². The van der Waals surface area contributed by atoms with Crippen LogP contribution < -0.4 is 0 Å². The molecule has 4 rings (SSSR count). The predicted octanol–water partition coefficient (Wildman–Crippen LogP) is 6.34. The van der Waals surface area contributed by atoms with Crippen LogP contribution in [0.25, 0.3) is 22.5 Å². The smallest absolute Gasteiger partial charge is 0.124 e. The van der Waals surface area contributed by atoms with Crippen molar-refractivity contribution in [2.24, 2.45) is 0 Å². The predicted molar refractivity (Wildman–Crippen MR) is 104 cm³/mol. The molecule has 0 aliphatic rings. The van der Waals surface area contributed by atoms with E-state index in [1.165, 1.54) is 36.4 Å². The molecule has 0 bridgehead atoms. The van der Waals surface area contributed by atoms with Gasteiger partial charge in [-0.1, -0.05) is 17.7 Å². The second-order valence-electron chi connectivity index (χ2n) is 6.32. The summed E-state index contributed by atoms with van der Waals surface area (Å²) in [6.07, 6.45) is 0. The van der Waals surface area contributed by atoms with Crippen molar-refractivity contribution in [3.63, 3.8) is 0 Å². The number of aromatic nitrogens is 2. The Hall–Kier alpha value is -3.05. The van der Waals surface area contributed by atoms with Gasteiger partial charge in [-0.05, 0) is 72.3 Å². The summed E-state index contributed by atoms with van der Waals surface area (Å²) < 4.78 is 41.7. The average Bonchev–Trinajstić information content (AvgIpc) is 3.09. The van der Waals surface area contributed by atoms with E-state index >= 15 is 0 Å². The summed E-state index contributed by atoms with van der Waals surface area (Å²) in [6, 6.07) is 18.1. The van der Waals surface area contributed by atoms with E-state index in [1.807, 2.05) is 6.07 Å². The lowest BCUT2D eigenvalue weighted by atomic mass is 10.1. The van der Waals surface area contributed by atoms with E-state index in [4.69, 9.17) is 11.6 Å². The van der Waals surface area contributed by atoms with Crippen LogP contribution in [0.5, 0.6) is 0 Å². The maximum absolute atomic E-state index is 13.4. The Morgan fingerprint density at radius 1 is 0.714 bits per heavy atom. The Kier molecular flexibility index (Phi) is 4.92. The molecule has 0 aliphatic carbocycles. The third-order valence-electron chi connectivity index (χ3n) is 4.40. The molecule has 3 aromatic carbocycles. The van der Waals surface area contributed by atoms with Crippen LogP contribution in [0.3, 0.4) is 0 Å². The van der Waals surface area contributed by atoms with Gasteiger partial charge in [0.2, 0.25) is 0 Å². The average molecular weight is 399 g/mol. The summed E-state index contributed by atoms with van der Waals surface area (Å²) in [5.74, 6) is -1.09. The maximum Gasteiger partial charge on any atom is 0.124 e. The molecule has 6 heteroatoms. The Bertz CT molecular complexity index is 1120. The highest BCUT2D eigenvalue weighted by molar-refractivity contribution is 6.31. The van der Waals surface area contributed by atoms with Gasteiger partial charge in [-0.15, -0.1) is 0 Å². The number of rotatable bonds is 4. The van der Waals surface area contributed by atoms with Crippen LogP contribution in [0.4, 0.5) is 13.2 Å². The molecule has 0 saturated carbocycles. The first-order valence-corrected chi connectivity index (χ1v) is 8.91. The number of nitrogens with zero attached hydrogens (tertiary/aromatic N) is 2. The van der Waals surface area contributed by atoms with Crippen molar-refractivity contribution in [2.45, 2.75) is 6.54 Å². The van der Waals surface area contributed by atoms with E-state index in [9.17, 15) is 13.2 Å². The van der Waals surface area contributed by atoms with Crippen LogP contribution in [0.1, 0.15) is 5.56 Å². The van der Waals surface area contributed by atoms with E-state index in [1.54, 1.807) is 35.0 Å². The molecule has 1 heterocycles. The van der Waals surface area contributed by atoms with Crippen LogP contribution in [-0.4, -0.2) is 9.78 Å². The van der Waals surface area contributed by atoms with Gasteiger partial charge in [-0.2, -0.15) is 5.10 Å². The molecule has 0 aliphatic heterocycles. The highest BCUT2D eigenvalue weighted by Gasteiger charge is 2.14. The molecule has 0 amide bonds. The van der Waals surface area contributed by atoms with Crippen molar-refractivity contribution in [3.05, 3.63) is 101 Å². The number of hydrogen-bond acceptors (Lipinski definition) is 1. The fraction of sp³-hybridized carbons (Fsp3) is 0.0455. The molecule has 28 heavy (non-hydrogen) atoms. The fourth-order valence-electron chi connectivity index (χ4n) is 2.96. The van der Waals surface area contributed by atoms with E-state index < -0.39 is 5.82 Å². The summed E-state index contributed by atoms with van der Waals surface area (Å²) in [5.41, 5.74) is 3.58. The minimum Gasteiger partial charge on any atom is -0.260 e. The minimum absolute atomic E-state index is 0.295. The molecule has 0 fully saturated rings. The van der Waals surface area contributed by atoms with Crippen molar-refractivity contribution >= 4 is 11.6 Å². The molecule has 140 valence electrons. The second kappa shape index (κ2) is 7.52. The number of benzene rings is 3. The molecule has 0 saturated heterocycles. The van der Waals surface area contributed by atoms with Gasteiger partial charge in [0.15, 0.2) is 0 Å². The van der Waals surface area contributed by atoms with Gasteiger partial charge >= 0.3 is 0 Å². The molecular weight excluding hydrogens is 385 g/mol. The van der Waals surface area contributed by atoms with Gasteiger partial charge in [-0.25, -0.2) is 13.2 Å². The molecule has 0 N–H and O–H groups in total. The lowest BCUT2D eigenvalue weighted by Crippen LogP contribution is -2.05. The first-order chi connectivity index (χ1) is 13.5. The van der Waals surface area contributed by atoms with Gasteiger partial charge in [0.25, 0.3) is 0 Å². The summed E-state index contributed by atoms with van der Waals surface area (Å²) in [6.45, 7) is 0.299. The third-order valence-corrected chi connectivity index (χ3v) is 4.75. The van der Waals surface area contributed by atoms with Crippen LogP contribution >= 0.6 is 11.6 Å². The van der Waals surface area contributed by atoms with Gasteiger partial charge in [0, 0.05) is 16.1 Å². The quantitative estimate of drug-likeness (QED) is 0.392. The van der Waals surface area contributed by atoms with Crippen molar-refractivity contribution < 1.29 is 13.2 Å². The van der Waals surface area contributed by atoms with E-state index in [2.05, 4.69) is 5.10 Å². The zero-order valence-corrected chi connectivity index (χ0v) is 15.3. The first kappa shape index (κ1) is 18.3. The second-order valence-corrected chi connectivity index (χ2v) is 6.73. The molecule has 0 atom stereocenters. The Balaban J connectivity index is 1.80. The van der Waals surface area contributed by atoms with Gasteiger partial charge < -0.3 is 0 Å². The van der Waals surface area contributed by atoms with Gasteiger partial charge in [0.1, 0.15) is 17.5 Å². The van der Waals surface area contributed by atoms with Crippen LogP contribution in [-0.2, 0) is 6.54 Å². The van der Waals surface area contributed by atoms with E-state index in [0.29, 0.717) is 22.8 Å². The minimum atomic E-state index is -0.417.